The number of imide groups is 1. The van der Waals surface area contributed by atoms with Crippen molar-refractivity contribution in [3.05, 3.63) is 67.3 Å². The number of aromatic hydroxyl groups is 1. The van der Waals surface area contributed by atoms with E-state index < -0.39 is 6.03 Å². The summed E-state index contributed by atoms with van der Waals surface area (Å²) in [5, 5.41) is 12.4. The molecule has 1 heterocycles. The normalized spacial score (nSPS) is 15.9. The van der Waals surface area contributed by atoms with Gasteiger partial charge in [0.05, 0.1) is 14.6 Å². The Morgan fingerprint density at radius 2 is 1.92 bits per heavy atom. The average Bonchev–Trinajstić information content (AvgIpc) is 2.81. The number of hydrogen-bond acceptors (Lipinski definition) is 3. The minimum atomic E-state index is -0.442. The Morgan fingerprint density at radius 3 is 2.58 bits per heavy atom. The number of carbonyl (C=O) groups is 2. The number of hydrogen-bond donors (Lipinski definition) is 2. The molecule has 0 aromatic heterocycles. The Bertz CT molecular complexity index is 829. The third kappa shape index (κ3) is 3.46. The van der Waals surface area contributed by atoms with Crippen molar-refractivity contribution in [3.8, 4) is 5.75 Å². The van der Waals surface area contributed by atoms with Gasteiger partial charge in [-0.05, 0) is 67.9 Å². The molecule has 5 nitrogen and oxygen atoms in total. The number of rotatable bonds is 3. The molecule has 24 heavy (non-hydrogen) atoms. The number of urea groups is 1. The van der Waals surface area contributed by atoms with Crippen LogP contribution >= 0.6 is 38.5 Å². The molecule has 7 heteroatoms. The van der Waals surface area contributed by atoms with E-state index in [9.17, 15) is 14.7 Å². The smallest absolute Gasteiger partial charge is 0.329 e. The van der Waals surface area contributed by atoms with Gasteiger partial charge >= 0.3 is 6.03 Å². The van der Waals surface area contributed by atoms with Crippen LogP contribution in [0, 0.1) is 3.57 Å². The van der Waals surface area contributed by atoms with Crippen molar-refractivity contribution in [2.75, 3.05) is 0 Å². The molecular weight excluding hydrogens is 487 g/mol. The molecule has 0 saturated carbocycles. The first-order valence-corrected chi connectivity index (χ1v) is 8.89. The van der Waals surface area contributed by atoms with Gasteiger partial charge in [-0.25, -0.2) is 4.79 Å². The summed E-state index contributed by atoms with van der Waals surface area (Å²) < 4.78 is 1.17. The Morgan fingerprint density at radius 1 is 1.21 bits per heavy atom. The highest BCUT2D eigenvalue weighted by Crippen LogP contribution is 2.31. The lowest BCUT2D eigenvalue weighted by molar-refractivity contribution is -0.123. The van der Waals surface area contributed by atoms with E-state index >= 15 is 0 Å². The van der Waals surface area contributed by atoms with E-state index in [1.807, 2.05) is 52.9 Å². The Kier molecular flexibility index (Phi) is 4.91. The molecule has 1 fully saturated rings. The van der Waals surface area contributed by atoms with E-state index in [0.717, 1.165) is 5.56 Å². The molecule has 1 saturated heterocycles. The quantitative estimate of drug-likeness (QED) is 0.383. The number of halogens is 2. The number of nitrogens with one attached hydrogen (secondary N) is 1. The molecular formula is C17H12BrIN2O3. The van der Waals surface area contributed by atoms with E-state index in [0.29, 0.717) is 13.6 Å². The molecule has 0 atom stereocenters. The van der Waals surface area contributed by atoms with E-state index in [1.165, 1.54) is 4.90 Å². The van der Waals surface area contributed by atoms with Crippen LogP contribution in [0.25, 0.3) is 6.08 Å². The number of carbonyl (C=O) groups excluding carboxylic acids is 2. The minimum absolute atomic E-state index is 0.144. The van der Waals surface area contributed by atoms with Crippen molar-refractivity contribution >= 4 is 56.5 Å². The second-order valence-corrected chi connectivity index (χ2v) is 7.21. The van der Waals surface area contributed by atoms with Gasteiger partial charge in [0, 0.05) is 0 Å². The van der Waals surface area contributed by atoms with Gasteiger partial charge in [0.15, 0.2) is 0 Å². The predicted molar refractivity (Wildman–Crippen MR) is 102 cm³/mol. The van der Waals surface area contributed by atoms with Crippen LogP contribution in [0.1, 0.15) is 11.1 Å². The molecule has 0 unspecified atom stereocenters. The van der Waals surface area contributed by atoms with Crippen LogP contribution in [-0.4, -0.2) is 21.9 Å². The van der Waals surface area contributed by atoms with Crippen LogP contribution in [0.5, 0.6) is 5.75 Å². The summed E-state index contributed by atoms with van der Waals surface area (Å²) in [5.74, 6) is -0.228. The minimum Gasteiger partial charge on any atom is -0.506 e. The zero-order chi connectivity index (χ0) is 17.3. The molecule has 0 bridgehead atoms. The molecule has 3 rings (SSSR count). The first-order chi connectivity index (χ1) is 11.5. The van der Waals surface area contributed by atoms with E-state index in [2.05, 4.69) is 21.2 Å². The summed E-state index contributed by atoms with van der Waals surface area (Å²) in [4.78, 5) is 25.7. The average molecular weight is 499 g/mol. The first-order valence-electron chi connectivity index (χ1n) is 7.02. The standard InChI is InChI=1S/C17H12BrIN2O3/c18-12-6-11(7-13(19)15(12)22)8-14-16(23)21(17(24)20-14)9-10-4-2-1-3-5-10/h1-8,22H,9H2,(H,20,24)/b14-8-. The molecule has 122 valence electrons. The van der Waals surface area contributed by atoms with Crippen LogP contribution < -0.4 is 5.32 Å². The fraction of sp³-hybridized carbons (Fsp3) is 0.0588. The summed E-state index contributed by atoms with van der Waals surface area (Å²) in [6, 6.07) is 12.3. The van der Waals surface area contributed by atoms with Crippen molar-refractivity contribution in [2.24, 2.45) is 0 Å². The third-order valence-corrected chi connectivity index (χ3v) is 4.92. The van der Waals surface area contributed by atoms with Crippen molar-refractivity contribution in [1.29, 1.82) is 0 Å². The highest BCUT2D eigenvalue weighted by atomic mass is 127. The number of phenols is 1. The largest absolute Gasteiger partial charge is 0.506 e. The summed E-state index contributed by atoms with van der Waals surface area (Å²) in [6.07, 6.45) is 1.59. The maximum Gasteiger partial charge on any atom is 0.329 e. The van der Waals surface area contributed by atoms with Gasteiger partial charge in [0.2, 0.25) is 0 Å². The molecule has 3 amide bonds. The van der Waals surface area contributed by atoms with Gasteiger partial charge in [0.25, 0.3) is 5.91 Å². The van der Waals surface area contributed by atoms with Gasteiger partial charge in [0.1, 0.15) is 11.4 Å². The first kappa shape index (κ1) is 17.0. The second-order valence-electron chi connectivity index (χ2n) is 5.20. The van der Waals surface area contributed by atoms with E-state index in [1.54, 1.807) is 18.2 Å². The lowest BCUT2D eigenvalue weighted by Crippen LogP contribution is -2.30. The fourth-order valence-electron chi connectivity index (χ4n) is 2.32. The number of amides is 3. The van der Waals surface area contributed by atoms with Crippen molar-refractivity contribution < 1.29 is 14.7 Å². The highest BCUT2D eigenvalue weighted by Gasteiger charge is 2.33. The molecule has 1 aliphatic heterocycles. The molecule has 2 aromatic carbocycles. The van der Waals surface area contributed by atoms with Gasteiger partial charge in [-0.2, -0.15) is 0 Å². The maximum atomic E-state index is 12.5. The zero-order valence-corrected chi connectivity index (χ0v) is 16.0. The molecule has 0 radical (unpaired) electrons. The van der Waals surface area contributed by atoms with Crippen molar-refractivity contribution in [2.45, 2.75) is 6.54 Å². The fourth-order valence-corrected chi connectivity index (χ4v) is 3.81. The van der Waals surface area contributed by atoms with Gasteiger partial charge < -0.3 is 10.4 Å². The zero-order valence-electron chi connectivity index (χ0n) is 12.3. The predicted octanol–water partition coefficient (Wildman–Crippen LogP) is 3.85. The summed E-state index contributed by atoms with van der Waals surface area (Å²) in [6.45, 7) is 0.222. The molecule has 2 aromatic rings. The summed E-state index contributed by atoms with van der Waals surface area (Å²) in [5.41, 5.74) is 1.79. The summed E-state index contributed by atoms with van der Waals surface area (Å²) in [7, 11) is 0. The topological polar surface area (TPSA) is 69.6 Å². The SMILES string of the molecule is O=C1N/C(=C\c2cc(Br)c(O)c(I)c2)C(=O)N1Cc1ccccc1. The highest BCUT2D eigenvalue weighted by molar-refractivity contribution is 14.1. The lowest BCUT2D eigenvalue weighted by atomic mass is 10.1. The van der Waals surface area contributed by atoms with E-state index in [4.69, 9.17) is 0 Å². The summed E-state index contributed by atoms with van der Waals surface area (Å²) >= 11 is 5.26. The second kappa shape index (κ2) is 6.94. The van der Waals surface area contributed by atoms with Crippen molar-refractivity contribution in [3.63, 3.8) is 0 Å². The van der Waals surface area contributed by atoms with Crippen LogP contribution in [0.2, 0.25) is 0 Å². The number of nitrogens with zero attached hydrogens (tertiary/aromatic N) is 1. The Balaban J connectivity index is 1.86. The molecule has 1 aliphatic rings. The Hall–Kier alpha value is -1.87. The number of benzene rings is 2. The van der Waals surface area contributed by atoms with Crippen LogP contribution in [0.4, 0.5) is 4.79 Å². The van der Waals surface area contributed by atoms with Gasteiger partial charge in [-0.3, -0.25) is 9.69 Å². The number of phenolic OH excluding ortho intramolecular Hbond substituents is 1. The van der Waals surface area contributed by atoms with Crippen molar-refractivity contribution in [1.82, 2.24) is 10.2 Å². The third-order valence-electron chi connectivity index (χ3n) is 3.50. The van der Waals surface area contributed by atoms with Gasteiger partial charge in [-0.15, -0.1) is 0 Å². The molecule has 2 N–H and O–H groups in total. The Labute approximate surface area is 160 Å². The molecule has 0 aliphatic carbocycles. The lowest BCUT2D eigenvalue weighted by Gasteiger charge is -2.11. The van der Waals surface area contributed by atoms with Crippen LogP contribution in [0.15, 0.2) is 52.6 Å². The van der Waals surface area contributed by atoms with Crippen LogP contribution in [0.3, 0.4) is 0 Å². The van der Waals surface area contributed by atoms with E-state index in [-0.39, 0.29) is 23.9 Å². The van der Waals surface area contributed by atoms with Gasteiger partial charge in [-0.1, -0.05) is 30.3 Å². The molecule has 0 spiro atoms. The van der Waals surface area contributed by atoms with Crippen LogP contribution in [-0.2, 0) is 11.3 Å². The maximum absolute atomic E-state index is 12.5. The monoisotopic (exact) mass is 498 g/mol.